The third-order valence-corrected chi connectivity index (χ3v) is 8.59. The summed E-state index contributed by atoms with van der Waals surface area (Å²) in [7, 11) is 0. The van der Waals surface area contributed by atoms with Gasteiger partial charge in [-0.15, -0.1) is 0 Å². The standard InChI is InChI=1S/C25H34FN6O7PS/c1-6-35-21-18-20(29-24(27)30-21)32(13-28-18)23-25(5,26)19(33)17(38-23)12-36-40(41,39-16-10-8-7-9-11-16)31-15(4)22(34)37-14(2)3/h7-11,13-15,17,19,23,33H,6,12H2,1-5H3,(H,31,41)(H2,27,29,30). The van der Waals surface area contributed by atoms with Crippen LogP contribution < -0.4 is 20.1 Å². The van der Waals surface area contributed by atoms with E-state index in [9.17, 15) is 9.90 Å². The Morgan fingerprint density at radius 1 is 1.32 bits per heavy atom. The molecule has 1 aliphatic heterocycles. The van der Waals surface area contributed by atoms with E-state index in [2.05, 4.69) is 20.0 Å². The van der Waals surface area contributed by atoms with Crippen molar-refractivity contribution in [2.24, 2.45) is 0 Å². The van der Waals surface area contributed by atoms with Crippen LogP contribution in [0.15, 0.2) is 36.7 Å². The first-order valence-corrected chi connectivity index (χ1v) is 15.6. The van der Waals surface area contributed by atoms with Gasteiger partial charge in [-0.05, 0) is 58.6 Å². The van der Waals surface area contributed by atoms with Gasteiger partial charge in [0.15, 0.2) is 23.1 Å². The molecule has 0 aliphatic carbocycles. The predicted octanol–water partition coefficient (Wildman–Crippen LogP) is 3.04. The number of esters is 1. The number of hydrogen-bond donors (Lipinski definition) is 3. The minimum atomic E-state index is -3.46. The lowest BCUT2D eigenvalue weighted by Gasteiger charge is -2.28. The molecular formula is C25H34FN6O7PS. The van der Waals surface area contributed by atoms with Crippen LogP contribution in [0.4, 0.5) is 10.3 Å². The van der Waals surface area contributed by atoms with Crippen LogP contribution in [-0.2, 0) is 30.6 Å². The molecule has 0 bridgehead atoms. The zero-order valence-electron chi connectivity index (χ0n) is 23.3. The Hall–Kier alpha value is -2.94. The summed E-state index contributed by atoms with van der Waals surface area (Å²) >= 11 is 5.71. The number of halogens is 1. The number of nitrogen functional groups attached to an aromatic ring is 1. The number of aromatic nitrogens is 4. The van der Waals surface area contributed by atoms with Crippen molar-refractivity contribution < 1.29 is 37.5 Å². The normalized spacial score (nSPS) is 24.7. The molecule has 4 rings (SSSR count). The number of hydrogen-bond acceptors (Lipinski definition) is 12. The molecule has 1 saturated heterocycles. The topological polar surface area (TPSA) is 165 Å². The highest BCUT2D eigenvalue weighted by atomic mass is 32.5. The van der Waals surface area contributed by atoms with Crippen molar-refractivity contribution in [1.29, 1.82) is 0 Å². The van der Waals surface area contributed by atoms with Crippen molar-refractivity contribution in [2.45, 2.75) is 70.9 Å². The number of aliphatic hydroxyl groups excluding tert-OH is 1. The van der Waals surface area contributed by atoms with Gasteiger partial charge in [0.25, 0.3) is 0 Å². The molecule has 1 aliphatic rings. The van der Waals surface area contributed by atoms with Gasteiger partial charge in [-0.3, -0.25) is 9.36 Å². The predicted molar refractivity (Wildman–Crippen MR) is 151 cm³/mol. The van der Waals surface area contributed by atoms with E-state index in [1.807, 2.05) is 0 Å². The number of para-hydroxylation sites is 1. The zero-order chi connectivity index (χ0) is 29.9. The Kier molecular flexibility index (Phi) is 9.46. The van der Waals surface area contributed by atoms with E-state index in [4.69, 9.17) is 40.8 Å². The van der Waals surface area contributed by atoms with E-state index in [0.717, 1.165) is 0 Å². The van der Waals surface area contributed by atoms with E-state index < -0.39 is 42.8 Å². The molecule has 2 aromatic heterocycles. The van der Waals surface area contributed by atoms with Gasteiger partial charge in [-0.25, -0.2) is 14.5 Å². The highest BCUT2D eigenvalue weighted by Gasteiger charge is 2.56. The van der Waals surface area contributed by atoms with Gasteiger partial charge in [0.1, 0.15) is 24.0 Å². The summed E-state index contributed by atoms with van der Waals surface area (Å²) in [5.74, 6) is -0.122. The number of nitrogens with two attached hydrogens (primary N) is 1. The van der Waals surface area contributed by atoms with Gasteiger partial charge < -0.3 is 34.1 Å². The van der Waals surface area contributed by atoms with Crippen LogP contribution in [0.5, 0.6) is 11.6 Å². The monoisotopic (exact) mass is 612 g/mol. The van der Waals surface area contributed by atoms with Crippen LogP contribution in [0.25, 0.3) is 11.2 Å². The van der Waals surface area contributed by atoms with Crippen LogP contribution in [-0.4, -0.2) is 73.8 Å². The molecule has 4 N–H and O–H groups in total. The van der Waals surface area contributed by atoms with Crippen LogP contribution >= 0.6 is 6.64 Å². The molecule has 16 heteroatoms. The van der Waals surface area contributed by atoms with Crippen LogP contribution in [0, 0.1) is 0 Å². The lowest BCUT2D eigenvalue weighted by atomic mass is 9.98. The summed E-state index contributed by atoms with van der Waals surface area (Å²) in [6.07, 6.45) is -3.21. The summed E-state index contributed by atoms with van der Waals surface area (Å²) in [6, 6.07) is 7.75. The van der Waals surface area contributed by atoms with E-state index in [1.54, 1.807) is 58.0 Å². The average molecular weight is 613 g/mol. The fourth-order valence-electron chi connectivity index (χ4n) is 4.17. The number of imidazole rings is 1. The molecule has 3 heterocycles. The van der Waals surface area contributed by atoms with Crippen molar-refractivity contribution in [1.82, 2.24) is 24.6 Å². The number of carbonyl (C=O) groups excluding carboxylic acids is 1. The molecule has 3 aromatic rings. The van der Waals surface area contributed by atoms with Gasteiger partial charge >= 0.3 is 12.6 Å². The van der Waals surface area contributed by atoms with E-state index in [-0.39, 0.29) is 35.7 Å². The van der Waals surface area contributed by atoms with Crippen molar-refractivity contribution in [3.63, 3.8) is 0 Å². The third-order valence-electron chi connectivity index (χ3n) is 6.09. The van der Waals surface area contributed by atoms with Gasteiger partial charge in [0.05, 0.1) is 25.6 Å². The first kappa shape index (κ1) is 31.0. The summed E-state index contributed by atoms with van der Waals surface area (Å²) in [6.45, 7) is 4.45. The second kappa shape index (κ2) is 12.5. The maximum Gasteiger partial charge on any atom is 0.323 e. The minimum absolute atomic E-state index is 0.100. The van der Waals surface area contributed by atoms with Crippen molar-refractivity contribution in [3.05, 3.63) is 36.7 Å². The number of aliphatic hydroxyl groups is 1. The first-order chi connectivity index (χ1) is 19.3. The number of nitrogens with zero attached hydrogens (tertiary/aromatic N) is 4. The Balaban J connectivity index is 1.56. The molecule has 1 aromatic carbocycles. The number of rotatable bonds is 12. The van der Waals surface area contributed by atoms with Crippen LogP contribution in [0.3, 0.4) is 0 Å². The van der Waals surface area contributed by atoms with Crippen molar-refractivity contribution >= 4 is 41.5 Å². The number of alkyl halides is 1. The smallest absolute Gasteiger partial charge is 0.323 e. The zero-order valence-corrected chi connectivity index (χ0v) is 25.0. The van der Waals surface area contributed by atoms with Gasteiger partial charge in [-0.1, -0.05) is 18.2 Å². The fraction of sp³-hybridized carbons (Fsp3) is 0.520. The molecule has 13 nitrogen and oxygen atoms in total. The molecule has 0 radical (unpaired) electrons. The SMILES string of the molecule is CCOc1nc(N)nc2c1ncn2C1OC(COP(=S)(NC(C)C(=O)OC(C)C)Oc2ccccc2)C(O)C1(C)F. The molecule has 224 valence electrons. The number of carbonyl (C=O) groups is 1. The van der Waals surface area contributed by atoms with Gasteiger partial charge in [0, 0.05) is 0 Å². The van der Waals surface area contributed by atoms with E-state index in [1.165, 1.54) is 17.8 Å². The van der Waals surface area contributed by atoms with Gasteiger partial charge in [-0.2, -0.15) is 9.97 Å². The molecular weight excluding hydrogens is 578 g/mol. The summed E-state index contributed by atoms with van der Waals surface area (Å²) < 4.78 is 46.0. The Morgan fingerprint density at radius 3 is 2.68 bits per heavy atom. The molecule has 6 atom stereocenters. The molecule has 0 spiro atoms. The maximum absolute atomic E-state index is 16.1. The molecule has 0 saturated carbocycles. The van der Waals surface area contributed by atoms with E-state index >= 15 is 4.39 Å². The van der Waals surface area contributed by atoms with Crippen LogP contribution in [0.2, 0.25) is 0 Å². The Morgan fingerprint density at radius 2 is 2.02 bits per heavy atom. The highest BCUT2D eigenvalue weighted by Crippen LogP contribution is 2.48. The molecule has 6 unspecified atom stereocenters. The highest BCUT2D eigenvalue weighted by molar-refractivity contribution is 8.09. The lowest BCUT2D eigenvalue weighted by Crippen LogP contribution is -2.41. The van der Waals surface area contributed by atoms with Crippen molar-refractivity contribution in [2.75, 3.05) is 18.9 Å². The van der Waals surface area contributed by atoms with Crippen molar-refractivity contribution in [3.8, 4) is 11.6 Å². The summed E-state index contributed by atoms with van der Waals surface area (Å²) in [5.41, 5.74) is 3.96. The second-order valence-corrected chi connectivity index (χ2v) is 12.9. The average Bonchev–Trinajstić information content (AvgIpc) is 3.41. The Labute approximate surface area is 241 Å². The maximum atomic E-state index is 16.1. The number of fused-ring (bicyclic) bond motifs is 1. The molecule has 41 heavy (non-hydrogen) atoms. The number of benzene rings is 1. The van der Waals surface area contributed by atoms with E-state index in [0.29, 0.717) is 12.4 Å². The number of anilines is 1. The number of ether oxygens (including phenoxy) is 3. The minimum Gasteiger partial charge on any atom is -0.476 e. The summed E-state index contributed by atoms with van der Waals surface area (Å²) in [5, 5.41) is 13.9. The molecule has 1 fully saturated rings. The number of nitrogens with one attached hydrogen (secondary N) is 1. The largest absolute Gasteiger partial charge is 0.476 e. The molecule has 0 amide bonds. The fourth-order valence-corrected chi connectivity index (χ4v) is 6.59. The second-order valence-electron chi connectivity index (χ2n) is 9.80. The third kappa shape index (κ3) is 6.93. The Bertz CT molecular complexity index is 1410. The van der Waals surface area contributed by atoms with Gasteiger partial charge in [0.2, 0.25) is 11.8 Å². The first-order valence-electron chi connectivity index (χ1n) is 13.0. The quantitative estimate of drug-likeness (QED) is 0.202. The summed E-state index contributed by atoms with van der Waals surface area (Å²) in [4.78, 5) is 25.0. The van der Waals surface area contributed by atoms with Crippen LogP contribution in [0.1, 0.15) is 40.8 Å². The lowest BCUT2D eigenvalue weighted by molar-refractivity contribution is -0.149.